The first-order valence-electron chi connectivity index (χ1n) is 7.42. The Kier molecular flexibility index (Phi) is 8.53. The summed E-state index contributed by atoms with van der Waals surface area (Å²) in [5.74, 6) is 0.642. The van der Waals surface area contributed by atoms with Crippen molar-refractivity contribution in [1.29, 1.82) is 0 Å². The van der Waals surface area contributed by atoms with Gasteiger partial charge in [0.2, 0.25) is 0 Å². The van der Waals surface area contributed by atoms with Crippen LogP contribution in [0.2, 0.25) is 0 Å². The molecule has 0 aliphatic rings. The van der Waals surface area contributed by atoms with Crippen LogP contribution in [0.4, 0.5) is 4.39 Å². The lowest BCUT2D eigenvalue weighted by atomic mass is 10.2. The molecule has 0 aromatic heterocycles. The maximum atomic E-state index is 13.7. The van der Waals surface area contributed by atoms with Gasteiger partial charge in [-0.15, -0.1) is 24.0 Å². The summed E-state index contributed by atoms with van der Waals surface area (Å²) in [5.41, 5.74) is 2.03. The Hall–Kier alpha value is -1.83. The van der Waals surface area contributed by atoms with E-state index in [0.29, 0.717) is 6.54 Å². The van der Waals surface area contributed by atoms with Gasteiger partial charge in [-0.25, -0.2) is 4.39 Å². The van der Waals surface area contributed by atoms with Crippen LogP contribution in [0.15, 0.2) is 53.5 Å². The summed E-state index contributed by atoms with van der Waals surface area (Å²) in [4.78, 5) is 6.29. The molecule has 2 aromatic carbocycles. The number of hydrogen-bond acceptors (Lipinski definition) is 2. The Morgan fingerprint density at radius 2 is 1.88 bits per heavy atom. The molecule has 1 N–H and O–H groups in total. The normalized spacial score (nSPS) is 10.8. The summed E-state index contributed by atoms with van der Waals surface area (Å²) in [7, 11) is 5.16. The van der Waals surface area contributed by atoms with Crippen molar-refractivity contribution >= 4 is 29.9 Å². The standard InChI is InChI=1S/C18H22FN3O.HI/c1-20-18(22(2)13-14-7-5-4-6-8-14)21-12-15-9-10-17(23-3)16(19)11-15;/h4-11H,12-13H2,1-3H3,(H,20,21);1H. The smallest absolute Gasteiger partial charge is 0.193 e. The molecule has 0 radical (unpaired) electrons. The van der Waals surface area contributed by atoms with Crippen molar-refractivity contribution in [3.05, 3.63) is 65.5 Å². The average molecular weight is 443 g/mol. The number of methoxy groups -OCH3 is 1. The van der Waals surface area contributed by atoms with E-state index in [9.17, 15) is 4.39 Å². The summed E-state index contributed by atoms with van der Waals surface area (Å²) < 4.78 is 18.6. The number of hydrogen-bond donors (Lipinski definition) is 1. The number of benzene rings is 2. The molecule has 0 bridgehead atoms. The van der Waals surface area contributed by atoms with Crippen molar-refractivity contribution in [2.45, 2.75) is 13.1 Å². The number of nitrogens with zero attached hydrogens (tertiary/aromatic N) is 2. The van der Waals surface area contributed by atoms with E-state index < -0.39 is 0 Å². The van der Waals surface area contributed by atoms with Crippen LogP contribution in [-0.4, -0.2) is 32.1 Å². The second-order valence-electron chi connectivity index (χ2n) is 5.21. The molecule has 0 saturated carbocycles. The van der Waals surface area contributed by atoms with Gasteiger partial charge in [0.1, 0.15) is 0 Å². The zero-order chi connectivity index (χ0) is 16.7. The third kappa shape index (κ3) is 5.67. The Balaban J connectivity index is 0.00000288. The van der Waals surface area contributed by atoms with Crippen LogP contribution < -0.4 is 10.1 Å². The van der Waals surface area contributed by atoms with Crippen molar-refractivity contribution in [1.82, 2.24) is 10.2 Å². The van der Waals surface area contributed by atoms with E-state index in [-0.39, 0.29) is 35.5 Å². The minimum atomic E-state index is -0.362. The van der Waals surface area contributed by atoms with E-state index in [1.807, 2.05) is 36.2 Å². The molecule has 2 rings (SSSR count). The third-order valence-electron chi connectivity index (χ3n) is 3.50. The number of ether oxygens (including phenoxy) is 1. The molecule has 6 heteroatoms. The van der Waals surface area contributed by atoms with Crippen LogP contribution in [0.1, 0.15) is 11.1 Å². The van der Waals surface area contributed by atoms with Gasteiger partial charge < -0.3 is 15.0 Å². The second-order valence-corrected chi connectivity index (χ2v) is 5.21. The van der Waals surface area contributed by atoms with E-state index in [1.165, 1.54) is 18.7 Å². The van der Waals surface area contributed by atoms with Crippen molar-refractivity contribution < 1.29 is 9.13 Å². The molecule has 2 aromatic rings. The van der Waals surface area contributed by atoms with Gasteiger partial charge in [-0.2, -0.15) is 0 Å². The summed E-state index contributed by atoms with van der Waals surface area (Å²) in [6, 6.07) is 15.1. The highest BCUT2D eigenvalue weighted by atomic mass is 127. The van der Waals surface area contributed by atoms with Crippen molar-refractivity contribution in [2.75, 3.05) is 21.2 Å². The highest BCUT2D eigenvalue weighted by molar-refractivity contribution is 14.0. The Bertz CT molecular complexity index is 665. The van der Waals surface area contributed by atoms with Gasteiger partial charge in [0.15, 0.2) is 17.5 Å². The van der Waals surface area contributed by atoms with Gasteiger partial charge in [0.25, 0.3) is 0 Å². The fraction of sp³-hybridized carbons (Fsp3) is 0.278. The predicted molar refractivity (Wildman–Crippen MR) is 106 cm³/mol. The monoisotopic (exact) mass is 443 g/mol. The van der Waals surface area contributed by atoms with E-state index in [0.717, 1.165) is 18.1 Å². The van der Waals surface area contributed by atoms with Crippen LogP contribution in [0.5, 0.6) is 5.75 Å². The van der Waals surface area contributed by atoms with Gasteiger partial charge >= 0.3 is 0 Å². The first kappa shape index (κ1) is 20.2. The molecule has 0 aliphatic heterocycles. The maximum Gasteiger partial charge on any atom is 0.193 e. The predicted octanol–water partition coefficient (Wildman–Crippen LogP) is 3.66. The molecule has 0 aliphatic carbocycles. The maximum absolute atomic E-state index is 13.7. The second kappa shape index (κ2) is 10.1. The fourth-order valence-corrected chi connectivity index (χ4v) is 2.32. The Labute approximate surface area is 159 Å². The molecule has 130 valence electrons. The van der Waals surface area contributed by atoms with Crippen LogP contribution in [0.3, 0.4) is 0 Å². The van der Waals surface area contributed by atoms with Crippen LogP contribution in [-0.2, 0) is 13.1 Å². The van der Waals surface area contributed by atoms with Crippen molar-refractivity contribution in [2.24, 2.45) is 4.99 Å². The summed E-state index contributed by atoms with van der Waals surface area (Å²) in [5, 5.41) is 3.24. The molecule has 4 nitrogen and oxygen atoms in total. The highest BCUT2D eigenvalue weighted by Crippen LogP contribution is 2.17. The molecule has 0 heterocycles. The largest absolute Gasteiger partial charge is 0.494 e. The molecule has 24 heavy (non-hydrogen) atoms. The van der Waals surface area contributed by atoms with Crippen LogP contribution in [0.25, 0.3) is 0 Å². The van der Waals surface area contributed by atoms with E-state index >= 15 is 0 Å². The molecular formula is C18H23FIN3O. The zero-order valence-electron chi connectivity index (χ0n) is 14.1. The first-order valence-corrected chi connectivity index (χ1v) is 7.42. The summed E-state index contributed by atoms with van der Waals surface area (Å²) >= 11 is 0. The van der Waals surface area contributed by atoms with Crippen molar-refractivity contribution in [3.8, 4) is 5.75 Å². The van der Waals surface area contributed by atoms with Gasteiger partial charge in [-0.1, -0.05) is 36.4 Å². The van der Waals surface area contributed by atoms with E-state index in [1.54, 1.807) is 13.1 Å². The van der Waals surface area contributed by atoms with Gasteiger partial charge in [-0.3, -0.25) is 4.99 Å². The zero-order valence-corrected chi connectivity index (χ0v) is 16.5. The molecule has 0 atom stereocenters. The van der Waals surface area contributed by atoms with Gasteiger partial charge in [-0.05, 0) is 23.3 Å². The van der Waals surface area contributed by atoms with E-state index in [2.05, 4.69) is 22.4 Å². The van der Waals surface area contributed by atoms with Crippen LogP contribution >= 0.6 is 24.0 Å². The quantitative estimate of drug-likeness (QED) is 0.436. The minimum absolute atomic E-state index is 0. The molecule has 0 amide bonds. The van der Waals surface area contributed by atoms with Crippen molar-refractivity contribution in [3.63, 3.8) is 0 Å². The lowest BCUT2D eigenvalue weighted by Gasteiger charge is -2.22. The van der Waals surface area contributed by atoms with Crippen LogP contribution in [0, 0.1) is 5.82 Å². The first-order chi connectivity index (χ1) is 11.1. The molecule has 0 spiro atoms. The lowest BCUT2D eigenvalue weighted by Crippen LogP contribution is -2.38. The third-order valence-corrected chi connectivity index (χ3v) is 3.50. The average Bonchev–Trinajstić information content (AvgIpc) is 2.56. The Morgan fingerprint density at radius 1 is 1.17 bits per heavy atom. The lowest BCUT2D eigenvalue weighted by molar-refractivity contribution is 0.386. The minimum Gasteiger partial charge on any atom is -0.494 e. The topological polar surface area (TPSA) is 36.9 Å². The number of halogens is 2. The molecular weight excluding hydrogens is 420 g/mol. The van der Waals surface area contributed by atoms with Gasteiger partial charge in [0.05, 0.1) is 7.11 Å². The molecule has 0 fully saturated rings. The highest BCUT2D eigenvalue weighted by Gasteiger charge is 2.08. The number of aliphatic imine (C=N–C) groups is 1. The fourth-order valence-electron chi connectivity index (χ4n) is 2.32. The summed E-state index contributed by atoms with van der Waals surface area (Å²) in [6.07, 6.45) is 0. The number of guanidine groups is 1. The Morgan fingerprint density at radius 3 is 2.46 bits per heavy atom. The van der Waals surface area contributed by atoms with E-state index in [4.69, 9.17) is 4.74 Å². The number of rotatable bonds is 5. The number of nitrogens with one attached hydrogen (secondary N) is 1. The molecule has 0 saturated heterocycles. The molecule has 0 unspecified atom stereocenters. The van der Waals surface area contributed by atoms with Gasteiger partial charge in [0, 0.05) is 27.2 Å². The summed E-state index contributed by atoms with van der Waals surface area (Å²) in [6.45, 7) is 1.24. The SMILES string of the molecule is CN=C(NCc1ccc(OC)c(F)c1)N(C)Cc1ccccc1.I.